The van der Waals surface area contributed by atoms with Crippen LogP contribution >= 0.6 is 0 Å². The predicted molar refractivity (Wildman–Crippen MR) is 108 cm³/mol. The number of carbonyl (C=O) groups is 1. The number of hydrogen-bond acceptors (Lipinski definition) is 5. The number of aromatic nitrogens is 4. The molecular formula is C20H24N6O2. The van der Waals surface area contributed by atoms with E-state index in [1.165, 1.54) is 5.56 Å². The molecule has 3 heterocycles. The summed E-state index contributed by atoms with van der Waals surface area (Å²) in [7, 11) is 1.64. The quantitative estimate of drug-likeness (QED) is 0.720. The van der Waals surface area contributed by atoms with Crippen molar-refractivity contribution in [3.8, 4) is 5.69 Å². The van der Waals surface area contributed by atoms with E-state index in [1.807, 2.05) is 18.7 Å². The number of amides is 1. The summed E-state index contributed by atoms with van der Waals surface area (Å²) in [5, 5.41) is 7.71. The summed E-state index contributed by atoms with van der Waals surface area (Å²) in [5.41, 5.74) is 4.52. The summed E-state index contributed by atoms with van der Waals surface area (Å²) in [6.45, 7) is 7.33. The summed E-state index contributed by atoms with van der Waals surface area (Å²) in [4.78, 5) is 33.9. The van der Waals surface area contributed by atoms with E-state index in [0.29, 0.717) is 30.1 Å². The number of benzene rings is 1. The molecule has 0 saturated carbocycles. The van der Waals surface area contributed by atoms with Gasteiger partial charge >= 0.3 is 0 Å². The molecule has 2 N–H and O–H groups in total. The lowest BCUT2D eigenvalue weighted by Gasteiger charge is -2.16. The zero-order valence-corrected chi connectivity index (χ0v) is 16.5. The van der Waals surface area contributed by atoms with Crippen LogP contribution in [0.1, 0.15) is 23.1 Å². The van der Waals surface area contributed by atoms with Crippen LogP contribution in [0, 0.1) is 26.7 Å². The molecule has 3 aromatic rings. The van der Waals surface area contributed by atoms with Crippen molar-refractivity contribution in [3.05, 3.63) is 45.4 Å². The van der Waals surface area contributed by atoms with E-state index >= 15 is 0 Å². The van der Waals surface area contributed by atoms with Gasteiger partial charge in [0, 0.05) is 26.3 Å². The number of anilines is 1. The summed E-state index contributed by atoms with van der Waals surface area (Å²) in [6.07, 6.45) is 2.46. The van der Waals surface area contributed by atoms with Gasteiger partial charge in [-0.15, -0.1) is 5.10 Å². The van der Waals surface area contributed by atoms with Gasteiger partial charge in [-0.05, 0) is 38.3 Å². The third-order valence-corrected chi connectivity index (χ3v) is 5.35. The number of aryl methyl sites for hydroxylation is 3. The molecule has 1 unspecified atom stereocenters. The van der Waals surface area contributed by atoms with Gasteiger partial charge in [0.1, 0.15) is 5.39 Å². The number of aromatic amines is 1. The Bertz CT molecular complexity index is 1110. The molecule has 8 heteroatoms. The maximum atomic E-state index is 12.6. The highest BCUT2D eigenvalue weighted by atomic mass is 16.2. The minimum Gasteiger partial charge on any atom is -0.359 e. The fourth-order valence-electron chi connectivity index (χ4n) is 4.07. The molecule has 28 heavy (non-hydrogen) atoms. The fourth-order valence-corrected chi connectivity index (χ4v) is 4.07. The highest BCUT2D eigenvalue weighted by Crippen LogP contribution is 2.24. The second-order valence-corrected chi connectivity index (χ2v) is 7.49. The molecule has 1 aromatic carbocycles. The number of rotatable bonds is 3. The Labute approximate surface area is 162 Å². The summed E-state index contributed by atoms with van der Waals surface area (Å²) >= 11 is 0. The van der Waals surface area contributed by atoms with E-state index in [1.54, 1.807) is 17.9 Å². The van der Waals surface area contributed by atoms with Crippen molar-refractivity contribution in [2.24, 2.45) is 5.92 Å². The molecule has 1 fully saturated rings. The van der Waals surface area contributed by atoms with Gasteiger partial charge < -0.3 is 10.2 Å². The van der Waals surface area contributed by atoms with Crippen LogP contribution in [-0.2, 0) is 4.79 Å². The van der Waals surface area contributed by atoms with Crippen molar-refractivity contribution < 1.29 is 4.79 Å². The standard InChI is InChI=1S/C20H24N6O2/c1-11-7-12(2)16(13(3)8-11)26-10-15-17(24-26)22-20(23-19(15)28)25-6-5-14(9-25)18(27)21-4/h7-8,10,14H,5-6,9H2,1-4H3,(H,21,27)(H,22,23,24,28). The van der Waals surface area contributed by atoms with Crippen LogP contribution in [0.15, 0.2) is 23.1 Å². The van der Waals surface area contributed by atoms with Crippen molar-refractivity contribution in [3.63, 3.8) is 0 Å². The van der Waals surface area contributed by atoms with Gasteiger partial charge in [0.2, 0.25) is 11.9 Å². The van der Waals surface area contributed by atoms with Crippen LogP contribution in [-0.4, -0.2) is 45.8 Å². The molecule has 1 atom stereocenters. The molecule has 0 radical (unpaired) electrons. The first kappa shape index (κ1) is 18.2. The monoisotopic (exact) mass is 380 g/mol. The number of nitrogens with one attached hydrogen (secondary N) is 2. The molecule has 1 saturated heterocycles. The molecule has 0 aliphatic carbocycles. The van der Waals surface area contributed by atoms with E-state index in [0.717, 1.165) is 23.2 Å². The molecule has 0 spiro atoms. The highest BCUT2D eigenvalue weighted by Gasteiger charge is 2.29. The minimum atomic E-state index is -0.225. The lowest BCUT2D eigenvalue weighted by Crippen LogP contribution is -2.31. The lowest BCUT2D eigenvalue weighted by molar-refractivity contribution is -0.123. The third kappa shape index (κ3) is 3.04. The highest BCUT2D eigenvalue weighted by molar-refractivity contribution is 5.80. The summed E-state index contributed by atoms with van der Waals surface area (Å²) in [5.74, 6) is 0.383. The van der Waals surface area contributed by atoms with Crippen molar-refractivity contribution in [2.45, 2.75) is 27.2 Å². The Morgan fingerprint density at radius 1 is 1.25 bits per heavy atom. The Morgan fingerprint density at radius 3 is 2.64 bits per heavy atom. The number of fused-ring (bicyclic) bond motifs is 1. The van der Waals surface area contributed by atoms with E-state index in [2.05, 4.69) is 39.4 Å². The first-order valence-corrected chi connectivity index (χ1v) is 9.42. The Kier molecular flexibility index (Phi) is 4.41. The van der Waals surface area contributed by atoms with Gasteiger partial charge in [-0.1, -0.05) is 17.7 Å². The van der Waals surface area contributed by atoms with Crippen LogP contribution in [0.2, 0.25) is 0 Å². The van der Waals surface area contributed by atoms with Crippen molar-refractivity contribution in [1.29, 1.82) is 0 Å². The van der Waals surface area contributed by atoms with Crippen LogP contribution < -0.4 is 15.8 Å². The molecular weight excluding hydrogens is 356 g/mol. The van der Waals surface area contributed by atoms with E-state index < -0.39 is 0 Å². The molecule has 1 aliphatic rings. The zero-order valence-electron chi connectivity index (χ0n) is 16.5. The Balaban J connectivity index is 1.73. The van der Waals surface area contributed by atoms with Gasteiger partial charge in [-0.3, -0.25) is 14.6 Å². The van der Waals surface area contributed by atoms with Crippen molar-refractivity contribution in [1.82, 2.24) is 25.1 Å². The Hall–Kier alpha value is -3.16. The zero-order chi connectivity index (χ0) is 20.0. The van der Waals surface area contributed by atoms with Crippen molar-refractivity contribution in [2.75, 3.05) is 25.0 Å². The van der Waals surface area contributed by atoms with Crippen LogP contribution in [0.25, 0.3) is 16.7 Å². The average molecular weight is 380 g/mol. The first-order valence-electron chi connectivity index (χ1n) is 9.42. The van der Waals surface area contributed by atoms with Crippen LogP contribution in [0.4, 0.5) is 5.95 Å². The SMILES string of the molecule is CNC(=O)C1CCN(c2nc3nn(-c4c(C)cc(C)cc4C)cc3c(=O)[nH]2)C1. The van der Waals surface area contributed by atoms with Gasteiger partial charge in [-0.25, -0.2) is 4.68 Å². The Morgan fingerprint density at radius 2 is 1.96 bits per heavy atom. The lowest BCUT2D eigenvalue weighted by atomic mass is 10.1. The van der Waals surface area contributed by atoms with Gasteiger partial charge in [0.05, 0.1) is 11.6 Å². The molecule has 0 bridgehead atoms. The first-order chi connectivity index (χ1) is 13.4. The fraction of sp³-hybridized carbons (Fsp3) is 0.400. The largest absolute Gasteiger partial charge is 0.359 e. The minimum absolute atomic E-state index is 0.0144. The molecule has 8 nitrogen and oxygen atoms in total. The topological polar surface area (TPSA) is 95.9 Å². The van der Waals surface area contributed by atoms with E-state index in [9.17, 15) is 9.59 Å². The molecule has 4 rings (SSSR count). The molecule has 146 valence electrons. The van der Waals surface area contributed by atoms with Crippen LogP contribution in [0.5, 0.6) is 0 Å². The predicted octanol–water partition coefficient (Wildman–Crippen LogP) is 1.61. The summed E-state index contributed by atoms with van der Waals surface area (Å²) in [6, 6.07) is 4.20. The molecule has 1 amide bonds. The number of nitrogens with zero attached hydrogens (tertiary/aromatic N) is 4. The maximum Gasteiger partial charge on any atom is 0.263 e. The average Bonchev–Trinajstić information content (AvgIpc) is 3.27. The second kappa shape index (κ2) is 6.78. The number of carbonyl (C=O) groups excluding carboxylic acids is 1. The maximum absolute atomic E-state index is 12.6. The van der Waals surface area contributed by atoms with E-state index in [4.69, 9.17) is 0 Å². The smallest absolute Gasteiger partial charge is 0.263 e. The van der Waals surface area contributed by atoms with Crippen molar-refractivity contribution >= 4 is 22.9 Å². The molecule has 1 aliphatic heterocycles. The second-order valence-electron chi connectivity index (χ2n) is 7.49. The summed E-state index contributed by atoms with van der Waals surface area (Å²) < 4.78 is 1.73. The number of hydrogen-bond donors (Lipinski definition) is 2. The molecule has 2 aromatic heterocycles. The third-order valence-electron chi connectivity index (χ3n) is 5.35. The van der Waals surface area contributed by atoms with Crippen LogP contribution in [0.3, 0.4) is 0 Å². The van der Waals surface area contributed by atoms with Gasteiger partial charge in [0.15, 0.2) is 5.65 Å². The number of H-pyrrole nitrogens is 1. The van der Waals surface area contributed by atoms with Gasteiger partial charge in [0.25, 0.3) is 5.56 Å². The normalized spacial score (nSPS) is 16.7. The van der Waals surface area contributed by atoms with Gasteiger partial charge in [-0.2, -0.15) is 4.98 Å². The van der Waals surface area contributed by atoms with E-state index in [-0.39, 0.29) is 17.4 Å².